The first kappa shape index (κ1) is 29.1. The fourth-order valence-electron chi connectivity index (χ4n) is 6.12. The summed E-state index contributed by atoms with van der Waals surface area (Å²) >= 11 is 0. The van der Waals surface area contributed by atoms with E-state index in [0.29, 0.717) is 11.1 Å². The molecular weight excluding hydrogens is 576 g/mol. The number of benzene rings is 4. The lowest BCUT2D eigenvalue weighted by molar-refractivity contribution is -0.123. The fraction of sp³-hybridized carbons (Fsp3) is 0.312. The maximum atomic E-state index is 13.5. The van der Waals surface area contributed by atoms with Crippen molar-refractivity contribution in [2.75, 3.05) is 28.4 Å². The second-order valence-corrected chi connectivity index (χ2v) is 11.1. The minimum absolute atomic E-state index is 0.0376. The number of ketones is 2. The Morgan fingerprint density at radius 3 is 1.84 bits per heavy atom. The highest BCUT2D eigenvalue weighted by Gasteiger charge is 2.42. The molecule has 0 fully saturated rings. The SMILES string of the molecule is COc1cc(OC)c2c3c(c(O)c(-c4c(OC)cc5cc(O)c6c(c5c4OC)OC(C)(O)CC6=O)c2c1)C(=O)CC(C)(O)O3. The zero-order valence-corrected chi connectivity index (χ0v) is 24.8. The Bertz CT molecular complexity index is 1920. The molecule has 0 aromatic heterocycles. The highest BCUT2D eigenvalue weighted by molar-refractivity contribution is 6.19. The number of methoxy groups -OCH3 is 4. The third kappa shape index (κ3) is 4.20. The minimum Gasteiger partial charge on any atom is -0.507 e. The monoisotopic (exact) mass is 606 g/mol. The molecule has 6 rings (SSSR count). The third-order valence-corrected chi connectivity index (χ3v) is 7.86. The van der Waals surface area contributed by atoms with Crippen molar-refractivity contribution in [3.05, 3.63) is 35.4 Å². The van der Waals surface area contributed by atoms with Gasteiger partial charge < -0.3 is 48.8 Å². The first-order valence-corrected chi connectivity index (χ1v) is 13.5. The van der Waals surface area contributed by atoms with Gasteiger partial charge in [-0.2, -0.15) is 0 Å². The van der Waals surface area contributed by atoms with Crippen LogP contribution in [0.2, 0.25) is 0 Å². The molecular formula is C32H30O12. The van der Waals surface area contributed by atoms with Crippen molar-refractivity contribution in [1.29, 1.82) is 0 Å². The van der Waals surface area contributed by atoms with Crippen molar-refractivity contribution in [3.8, 4) is 57.1 Å². The predicted molar refractivity (Wildman–Crippen MR) is 157 cm³/mol. The van der Waals surface area contributed by atoms with Gasteiger partial charge in [-0.1, -0.05) is 0 Å². The van der Waals surface area contributed by atoms with Crippen molar-refractivity contribution in [2.24, 2.45) is 0 Å². The first-order valence-electron chi connectivity index (χ1n) is 13.5. The van der Waals surface area contributed by atoms with Gasteiger partial charge in [0.25, 0.3) is 0 Å². The Labute approximate surface area is 250 Å². The second-order valence-electron chi connectivity index (χ2n) is 11.1. The molecule has 0 spiro atoms. The molecule has 2 aliphatic heterocycles. The van der Waals surface area contributed by atoms with Gasteiger partial charge >= 0.3 is 0 Å². The average Bonchev–Trinajstić information content (AvgIpc) is 2.94. The quantitative estimate of drug-likeness (QED) is 0.252. The lowest BCUT2D eigenvalue weighted by Gasteiger charge is -2.33. The van der Waals surface area contributed by atoms with Gasteiger partial charge in [0.15, 0.2) is 11.6 Å². The number of ether oxygens (including phenoxy) is 6. The molecule has 12 nitrogen and oxygen atoms in total. The van der Waals surface area contributed by atoms with Crippen molar-refractivity contribution in [3.63, 3.8) is 0 Å². The number of aromatic hydroxyl groups is 2. The van der Waals surface area contributed by atoms with Crippen LogP contribution in [0.4, 0.5) is 0 Å². The largest absolute Gasteiger partial charge is 0.507 e. The van der Waals surface area contributed by atoms with Crippen molar-refractivity contribution < 1.29 is 58.4 Å². The number of carbonyl (C=O) groups excluding carboxylic acids is 2. The highest BCUT2D eigenvalue weighted by Crippen LogP contribution is 2.58. The van der Waals surface area contributed by atoms with Crippen LogP contribution in [0.25, 0.3) is 32.7 Å². The number of hydrogen-bond acceptors (Lipinski definition) is 12. The van der Waals surface area contributed by atoms with E-state index in [9.17, 15) is 30.0 Å². The summed E-state index contributed by atoms with van der Waals surface area (Å²) in [6.07, 6.45) is -0.840. The van der Waals surface area contributed by atoms with Gasteiger partial charge in [-0.3, -0.25) is 9.59 Å². The lowest BCUT2D eigenvalue weighted by Crippen LogP contribution is -2.39. The molecule has 44 heavy (non-hydrogen) atoms. The molecule has 4 N–H and O–H groups in total. The van der Waals surface area contributed by atoms with E-state index in [-0.39, 0.29) is 72.9 Å². The maximum absolute atomic E-state index is 13.5. The normalized spacial score (nSPS) is 20.9. The third-order valence-electron chi connectivity index (χ3n) is 7.86. The topological polar surface area (TPSA) is 170 Å². The predicted octanol–water partition coefficient (Wildman–Crippen LogP) is 4.45. The zero-order chi connectivity index (χ0) is 31.9. The van der Waals surface area contributed by atoms with Gasteiger partial charge in [0.1, 0.15) is 57.1 Å². The van der Waals surface area contributed by atoms with E-state index < -0.39 is 41.7 Å². The molecule has 2 atom stereocenters. The standard InChI is InChI=1S/C32H30O12/c1-31(37)11-17(34)24-16(33)7-13-8-19(40-4)26(28(42-6)21(13)29(24)43-31)23-15-9-14(39-3)10-20(41-5)22(15)30-25(27(23)36)18(35)12-32(2,38)44-30/h7-10,33,36-38H,11-12H2,1-6H3. The van der Waals surface area contributed by atoms with Gasteiger partial charge in [-0.05, 0) is 23.6 Å². The number of Topliss-reactive ketones (excluding diaryl/α,β-unsaturated/α-hetero) is 2. The zero-order valence-electron chi connectivity index (χ0n) is 24.8. The summed E-state index contributed by atoms with van der Waals surface area (Å²) in [6, 6.07) is 6.04. The molecule has 230 valence electrons. The summed E-state index contributed by atoms with van der Waals surface area (Å²) in [5.74, 6) is -5.26. The Hall–Kier alpha value is -4.94. The molecule has 2 heterocycles. The van der Waals surface area contributed by atoms with Crippen molar-refractivity contribution >= 4 is 33.1 Å². The number of aliphatic hydroxyl groups is 2. The van der Waals surface area contributed by atoms with Crippen molar-refractivity contribution in [1.82, 2.24) is 0 Å². The number of phenols is 2. The average molecular weight is 607 g/mol. The number of phenolic OH excluding ortho intramolecular Hbond substituents is 2. The van der Waals surface area contributed by atoms with Crippen LogP contribution in [0.15, 0.2) is 24.3 Å². The van der Waals surface area contributed by atoms with Gasteiger partial charge in [-0.15, -0.1) is 0 Å². The number of rotatable bonds is 5. The van der Waals surface area contributed by atoms with E-state index in [2.05, 4.69) is 0 Å². The van der Waals surface area contributed by atoms with E-state index >= 15 is 0 Å². The van der Waals surface area contributed by atoms with E-state index in [0.717, 1.165) is 0 Å². The molecule has 0 saturated carbocycles. The molecule has 0 bridgehead atoms. The Morgan fingerprint density at radius 1 is 0.682 bits per heavy atom. The van der Waals surface area contributed by atoms with Gasteiger partial charge in [-0.25, -0.2) is 0 Å². The van der Waals surface area contributed by atoms with Crippen LogP contribution in [0.3, 0.4) is 0 Å². The van der Waals surface area contributed by atoms with E-state index in [1.807, 2.05) is 0 Å². The van der Waals surface area contributed by atoms with Crippen LogP contribution in [-0.4, -0.2) is 72.0 Å². The maximum Gasteiger partial charge on any atom is 0.212 e. The van der Waals surface area contributed by atoms with Crippen LogP contribution in [0, 0.1) is 0 Å². The Balaban J connectivity index is 1.85. The van der Waals surface area contributed by atoms with Crippen LogP contribution < -0.4 is 28.4 Å². The summed E-state index contributed by atoms with van der Waals surface area (Å²) in [7, 11) is 5.59. The molecule has 2 unspecified atom stereocenters. The van der Waals surface area contributed by atoms with E-state index in [1.165, 1.54) is 54.4 Å². The molecule has 0 aliphatic carbocycles. The first-order chi connectivity index (χ1) is 20.8. The van der Waals surface area contributed by atoms with Gasteiger partial charge in [0.2, 0.25) is 11.6 Å². The molecule has 0 amide bonds. The summed E-state index contributed by atoms with van der Waals surface area (Å²) in [4.78, 5) is 26.5. The van der Waals surface area contributed by atoms with Crippen LogP contribution in [0.5, 0.6) is 46.0 Å². The summed E-state index contributed by atoms with van der Waals surface area (Å²) in [5, 5.41) is 45.3. The highest BCUT2D eigenvalue weighted by atomic mass is 16.6. The number of hydrogen-bond donors (Lipinski definition) is 4. The number of fused-ring (bicyclic) bond motifs is 6. The number of carbonyl (C=O) groups is 2. The van der Waals surface area contributed by atoms with Gasteiger partial charge in [0.05, 0.1) is 57.6 Å². The molecule has 4 aromatic carbocycles. The molecule has 0 radical (unpaired) electrons. The van der Waals surface area contributed by atoms with E-state index in [1.54, 1.807) is 12.1 Å². The molecule has 2 aliphatic rings. The lowest BCUT2D eigenvalue weighted by atomic mass is 9.86. The summed E-state index contributed by atoms with van der Waals surface area (Å²) in [5.41, 5.74) is -0.149. The second kappa shape index (κ2) is 9.79. The van der Waals surface area contributed by atoms with Crippen LogP contribution in [0.1, 0.15) is 47.4 Å². The molecule has 12 heteroatoms. The van der Waals surface area contributed by atoms with E-state index in [4.69, 9.17) is 28.4 Å². The van der Waals surface area contributed by atoms with Gasteiger partial charge in [0, 0.05) is 30.9 Å². The Kier molecular flexibility index (Phi) is 6.49. The molecule has 4 aromatic rings. The Morgan fingerprint density at radius 2 is 1.27 bits per heavy atom. The molecule has 0 saturated heterocycles. The summed E-state index contributed by atoms with van der Waals surface area (Å²) < 4.78 is 34.6. The smallest absolute Gasteiger partial charge is 0.212 e. The van der Waals surface area contributed by atoms with Crippen molar-refractivity contribution in [2.45, 2.75) is 38.3 Å². The van der Waals surface area contributed by atoms with Crippen LogP contribution >= 0.6 is 0 Å². The van der Waals surface area contributed by atoms with Crippen LogP contribution in [-0.2, 0) is 0 Å². The summed E-state index contributed by atoms with van der Waals surface area (Å²) in [6.45, 7) is 2.66. The minimum atomic E-state index is -1.89. The fourth-order valence-corrected chi connectivity index (χ4v) is 6.12.